The van der Waals surface area contributed by atoms with Crippen LogP contribution in [0, 0.1) is 45.3 Å². The number of hydrogen-bond acceptors (Lipinski definition) is 4. The zero-order valence-corrected chi connectivity index (χ0v) is 14.5. The molecule has 0 N–H and O–H groups in total. The van der Waals surface area contributed by atoms with Crippen LogP contribution in [0.3, 0.4) is 0 Å². The van der Waals surface area contributed by atoms with E-state index in [9.17, 15) is 21.0 Å². The second-order valence-corrected chi connectivity index (χ2v) is 5.94. The fraction of sp³-hybridized carbons (Fsp3) is 0.182. The zero-order chi connectivity index (χ0) is 18.8. The van der Waals surface area contributed by atoms with Crippen molar-refractivity contribution in [1.82, 2.24) is 0 Å². The Labute approximate surface area is 151 Å². The summed E-state index contributed by atoms with van der Waals surface area (Å²) in [6.45, 7) is 4.13. The molecule has 122 valence electrons. The lowest BCUT2D eigenvalue weighted by Gasteiger charge is -2.16. The number of hydrogen-bond donors (Lipinski definition) is 0. The summed E-state index contributed by atoms with van der Waals surface area (Å²) in [6, 6.07) is 15.8. The first-order chi connectivity index (χ1) is 12.7. The fourth-order valence-electron chi connectivity index (χ4n) is 3.70. The molecule has 0 saturated carbocycles. The molecule has 3 rings (SSSR count). The first-order valence-electron chi connectivity index (χ1n) is 8.34. The molecule has 0 aliphatic carbocycles. The van der Waals surface area contributed by atoms with Crippen molar-refractivity contribution in [2.24, 2.45) is 0 Å². The lowest BCUT2D eigenvalue weighted by molar-refractivity contribution is 1.05. The van der Waals surface area contributed by atoms with Gasteiger partial charge in [-0.05, 0) is 34.7 Å². The van der Waals surface area contributed by atoms with Gasteiger partial charge in [-0.1, -0.05) is 38.1 Å². The Morgan fingerprint density at radius 1 is 0.654 bits per heavy atom. The monoisotopic (exact) mass is 334 g/mol. The van der Waals surface area contributed by atoms with Crippen molar-refractivity contribution in [3.8, 4) is 24.3 Å². The van der Waals surface area contributed by atoms with E-state index in [1.165, 1.54) is 5.56 Å². The van der Waals surface area contributed by atoms with Crippen molar-refractivity contribution >= 4 is 21.5 Å². The fourth-order valence-corrected chi connectivity index (χ4v) is 3.70. The molecule has 0 heterocycles. The summed E-state index contributed by atoms with van der Waals surface area (Å²) in [6.07, 6.45) is 1.62. The van der Waals surface area contributed by atoms with Gasteiger partial charge in [-0.3, -0.25) is 0 Å². The number of fused-ring (bicyclic) bond motifs is 3. The Hall–Kier alpha value is -3.86. The lowest BCUT2D eigenvalue weighted by atomic mass is 9.85. The number of nitriles is 4. The summed E-state index contributed by atoms with van der Waals surface area (Å²) in [5, 5.41) is 41.5. The smallest absolute Gasteiger partial charge is 0.102 e. The molecule has 0 saturated heterocycles. The van der Waals surface area contributed by atoms with Crippen LogP contribution in [0.25, 0.3) is 21.5 Å². The number of benzene rings is 3. The van der Waals surface area contributed by atoms with Crippen molar-refractivity contribution in [1.29, 1.82) is 21.0 Å². The number of aryl methyl sites for hydroxylation is 2. The molecule has 3 aromatic carbocycles. The summed E-state index contributed by atoms with van der Waals surface area (Å²) < 4.78 is 0. The van der Waals surface area contributed by atoms with E-state index in [1.54, 1.807) is 6.07 Å². The highest BCUT2D eigenvalue weighted by atomic mass is 14.3. The Bertz CT molecular complexity index is 1240. The van der Waals surface area contributed by atoms with E-state index in [-0.39, 0.29) is 22.3 Å². The highest BCUT2D eigenvalue weighted by Gasteiger charge is 2.22. The van der Waals surface area contributed by atoms with Crippen LogP contribution >= 0.6 is 0 Å². The van der Waals surface area contributed by atoms with Crippen LogP contribution < -0.4 is 0 Å². The third kappa shape index (κ3) is 2.18. The van der Waals surface area contributed by atoms with E-state index < -0.39 is 0 Å². The molecule has 0 bridgehead atoms. The molecule has 0 radical (unpaired) electrons. The van der Waals surface area contributed by atoms with Crippen LogP contribution in [-0.4, -0.2) is 0 Å². The van der Waals surface area contributed by atoms with Gasteiger partial charge in [0.1, 0.15) is 24.3 Å². The molecule has 0 atom stereocenters. The quantitative estimate of drug-likeness (QED) is 0.640. The normalized spacial score (nSPS) is 10.1. The van der Waals surface area contributed by atoms with Crippen LogP contribution in [0.4, 0.5) is 0 Å². The van der Waals surface area contributed by atoms with Crippen LogP contribution in [0.15, 0.2) is 24.3 Å². The molecule has 0 spiro atoms. The summed E-state index contributed by atoms with van der Waals surface area (Å²) in [7, 11) is 0. The van der Waals surface area contributed by atoms with E-state index >= 15 is 0 Å². The lowest BCUT2D eigenvalue weighted by Crippen LogP contribution is -2.00. The van der Waals surface area contributed by atoms with Crippen molar-refractivity contribution in [3.63, 3.8) is 0 Å². The van der Waals surface area contributed by atoms with E-state index in [1.807, 2.05) is 24.3 Å². The van der Waals surface area contributed by atoms with E-state index in [0.29, 0.717) is 10.8 Å². The molecular formula is C22H14N4. The van der Waals surface area contributed by atoms with Crippen LogP contribution in [-0.2, 0) is 12.8 Å². The van der Waals surface area contributed by atoms with Gasteiger partial charge < -0.3 is 0 Å². The minimum atomic E-state index is -0.0249. The molecule has 3 aromatic rings. The van der Waals surface area contributed by atoms with Crippen LogP contribution in [0.5, 0.6) is 0 Å². The van der Waals surface area contributed by atoms with Crippen molar-refractivity contribution in [3.05, 3.63) is 57.6 Å². The Kier molecular flexibility index (Phi) is 4.29. The highest BCUT2D eigenvalue weighted by molar-refractivity contribution is 6.15. The average molecular weight is 334 g/mol. The predicted octanol–water partition coefficient (Wildman–Crippen LogP) is 4.60. The van der Waals surface area contributed by atoms with Gasteiger partial charge >= 0.3 is 0 Å². The molecule has 0 aliphatic heterocycles. The van der Waals surface area contributed by atoms with Gasteiger partial charge in [0, 0.05) is 10.8 Å². The van der Waals surface area contributed by atoms with Crippen molar-refractivity contribution in [2.75, 3.05) is 0 Å². The second-order valence-electron chi connectivity index (χ2n) is 5.94. The van der Waals surface area contributed by atoms with Gasteiger partial charge in [0.15, 0.2) is 0 Å². The molecule has 4 nitrogen and oxygen atoms in total. The van der Waals surface area contributed by atoms with Gasteiger partial charge in [0.25, 0.3) is 0 Å². The van der Waals surface area contributed by atoms with Gasteiger partial charge in [0.2, 0.25) is 0 Å². The molecule has 26 heavy (non-hydrogen) atoms. The average Bonchev–Trinajstić information content (AvgIpc) is 2.69. The maximum atomic E-state index is 9.79. The van der Waals surface area contributed by atoms with Crippen molar-refractivity contribution in [2.45, 2.75) is 26.7 Å². The first kappa shape index (κ1) is 17.0. The summed E-state index contributed by atoms with van der Waals surface area (Å²) in [4.78, 5) is 0. The van der Waals surface area contributed by atoms with Gasteiger partial charge in [0.05, 0.1) is 22.3 Å². The topological polar surface area (TPSA) is 95.2 Å². The van der Waals surface area contributed by atoms with Crippen LogP contribution in [0.1, 0.15) is 47.2 Å². The third-order valence-electron chi connectivity index (χ3n) is 4.84. The third-order valence-corrected chi connectivity index (χ3v) is 4.84. The molecule has 0 aromatic heterocycles. The summed E-state index contributed by atoms with van der Waals surface area (Å²) >= 11 is 0. The van der Waals surface area contributed by atoms with Crippen LogP contribution in [0.2, 0.25) is 0 Å². The zero-order valence-electron chi connectivity index (χ0n) is 14.5. The molecule has 4 heteroatoms. The first-order valence-corrected chi connectivity index (χ1v) is 8.34. The van der Waals surface area contributed by atoms with Gasteiger partial charge in [-0.2, -0.15) is 21.0 Å². The highest BCUT2D eigenvalue weighted by Crippen LogP contribution is 2.37. The summed E-state index contributed by atoms with van der Waals surface area (Å²) in [5.41, 5.74) is 2.58. The standard InChI is InChI=1S/C22H14N4/c1-3-13-5-6-14-7-8-16-17(9-23)18(10-24)19(11-25)20(12-26)22(16)21(14)15(13)4-2/h5-8H,3-4H2,1-2H3. The van der Waals surface area contributed by atoms with E-state index in [2.05, 4.69) is 32.1 Å². The summed E-state index contributed by atoms with van der Waals surface area (Å²) in [5.74, 6) is 0. The molecule has 0 aliphatic rings. The maximum Gasteiger partial charge on any atom is 0.102 e. The van der Waals surface area contributed by atoms with Gasteiger partial charge in [-0.15, -0.1) is 0 Å². The van der Waals surface area contributed by atoms with Crippen molar-refractivity contribution < 1.29 is 0 Å². The molecule has 0 amide bonds. The molecule has 0 fully saturated rings. The Morgan fingerprint density at radius 2 is 1.23 bits per heavy atom. The van der Waals surface area contributed by atoms with Gasteiger partial charge in [-0.25, -0.2) is 0 Å². The predicted molar refractivity (Wildman–Crippen MR) is 99.1 cm³/mol. The van der Waals surface area contributed by atoms with E-state index in [0.717, 1.165) is 29.2 Å². The second kappa shape index (κ2) is 6.57. The Morgan fingerprint density at radius 3 is 1.77 bits per heavy atom. The molecule has 0 unspecified atom stereocenters. The Balaban J connectivity index is 2.79. The number of nitrogens with zero attached hydrogens (tertiary/aromatic N) is 4. The maximum absolute atomic E-state index is 9.79. The minimum Gasteiger partial charge on any atom is -0.192 e. The molecular weight excluding hydrogens is 320 g/mol. The largest absolute Gasteiger partial charge is 0.192 e. The van der Waals surface area contributed by atoms with E-state index in [4.69, 9.17) is 0 Å². The SMILES string of the molecule is CCc1ccc2ccc3c(C#N)c(C#N)c(C#N)c(C#N)c3c2c1CC. The minimum absolute atomic E-state index is 0.0181. The number of rotatable bonds is 2.